The molecule has 1 fully saturated rings. The number of rotatable bonds is 7. The Morgan fingerprint density at radius 3 is 2.83 bits per heavy atom. The molecule has 0 saturated heterocycles. The van der Waals surface area contributed by atoms with Gasteiger partial charge in [-0.1, -0.05) is 12.1 Å². The first-order chi connectivity index (χ1) is 11.4. The number of nitriles is 1. The summed E-state index contributed by atoms with van der Waals surface area (Å²) in [5.74, 6) is 0.726. The molecule has 7 nitrogen and oxygen atoms in total. The topological polar surface area (TPSA) is 91.0 Å². The van der Waals surface area contributed by atoms with Crippen LogP contribution in [0, 0.1) is 11.3 Å². The molecular formula is C16H21N5O2S. The monoisotopic (exact) mass is 347 g/mol. The number of para-hydroxylation sites is 2. The van der Waals surface area contributed by atoms with E-state index in [1.165, 1.54) is 11.4 Å². The third kappa shape index (κ3) is 3.29. The lowest BCUT2D eigenvalue weighted by molar-refractivity contribution is 0.385. The lowest BCUT2D eigenvalue weighted by Gasteiger charge is -2.22. The van der Waals surface area contributed by atoms with Crippen molar-refractivity contribution in [1.82, 2.24) is 18.6 Å². The second-order valence-corrected chi connectivity index (χ2v) is 7.99. The molecule has 1 aromatic carbocycles. The third-order valence-corrected chi connectivity index (χ3v) is 6.01. The Labute approximate surface area is 142 Å². The van der Waals surface area contributed by atoms with E-state index in [-0.39, 0.29) is 19.0 Å². The Morgan fingerprint density at radius 2 is 2.17 bits per heavy atom. The zero-order chi connectivity index (χ0) is 17.3. The van der Waals surface area contributed by atoms with Gasteiger partial charge in [0.05, 0.1) is 30.1 Å². The van der Waals surface area contributed by atoms with Gasteiger partial charge < -0.3 is 4.57 Å². The second kappa shape index (κ2) is 6.51. The molecule has 8 heteroatoms. The van der Waals surface area contributed by atoms with E-state index in [0.717, 1.165) is 29.7 Å². The van der Waals surface area contributed by atoms with Crippen molar-refractivity contribution in [2.75, 3.05) is 7.05 Å². The van der Waals surface area contributed by atoms with Gasteiger partial charge in [0.25, 0.3) is 10.2 Å². The molecule has 0 radical (unpaired) electrons. The van der Waals surface area contributed by atoms with Crippen molar-refractivity contribution in [3.05, 3.63) is 30.1 Å². The minimum atomic E-state index is -3.66. The van der Waals surface area contributed by atoms with E-state index in [4.69, 9.17) is 5.26 Å². The highest BCUT2D eigenvalue weighted by molar-refractivity contribution is 7.87. The van der Waals surface area contributed by atoms with Crippen molar-refractivity contribution in [3.63, 3.8) is 0 Å². The van der Waals surface area contributed by atoms with Gasteiger partial charge in [-0.25, -0.2) is 4.98 Å². The number of nitrogens with zero attached hydrogens (tertiary/aromatic N) is 4. The quantitative estimate of drug-likeness (QED) is 0.828. The van der Waals surface area contributed by atoms with Crippen LogP contribution in [0.5, 0.6) is 0 Å². The lowest BCUT2D eigenvalue weighted by atomic mass is 10.3. The third-order valence-electron chi connectivity index (χ3n) is 4.38. The normalized spacial score (nSPS) is 16.4. The molecule has 128 valence electrons. The van der Waals surface area contributed by atoms with Crippen LogP contribution in [-0.4, -0.2) is 35.4 Å². The van der Waals surface area contributed by atoms with Crippen molar-refractivity contribution < 1.29 is 8.42 Å². The van der Waals surface area contributed by atoms with Crippen molar-refractivity contribution >= 4 is 21.2 Å². The number of aromatic nitrogens is 2. The van der Waals surface area contributed by atoms with Gasteiger partial charge in [0.15, 0.2) is 0 Å². The Bertz CT molecular complexity index is 879. The number of fused-ring (bicyclic) bond motifs is 1. The number of hydrogen-bond donors (Lipinski definition) is 1. The molecular weight excluding hydrogens is 326 g/mol. The van der Waals surface area contributed by atoms with Crippen LogP contribution >= 0.6 is 0 Å². The summed E-state index contributed by atoms with van der Waals surface area (Å²) < 4.78 is 30.7. The highest BCUT2D eigenvalue weighted by Gasteiger charge is 2.29. The first-order valence-corrected chi connectivity index (χ1v) is 9.43. The van der Waals surface area contributed by atoms with Gasteiger partial charge in [0.1, 0.15) is 5.82 Å². The Hall–Kier alpha value is -1.95. The average Bonchev–Trinajstić information content (AvgIpc) is 3.32. The minimum Gasteiger partial charge on any atom is -0.324 e. The van der Waals surface area contributed by atoms with Gasteiger partial charge in [-0.15, -0.1) is 0 Å². The number of imidazole rings is 1. The van der Waals surface area contributed by atoms with Crippen LogP contribution in [0.25, 0.3) is 11.0 Å². The van der Waals surface area contributed by atoms with Gasteiger partial charge in [-0.3, -0.25) is 0 Å². The predicted molar refractivity (Wildman–Crippen MR) is 91.2 cm³/mol. The summed E-state index contributed by atoms with van der Waals surface area (Å²) in [6, 6.07) is 9.87. The van der Waals surface area contributed by atoms with Gasteiger partial charge in [-0.2, -0.15) is 22.7 Å². The van der Waals surface area contributed by atoms with E-state index in [1.807, 2.05) is 30.3 Å². The Kier molecular flexibility index (Phi) is 4.58. The highest BCUT2D eigenvalue weighted by atomic mass is 32.2. The van der Waals surface area contributed by atoms with Crippen LogP contribution < -0.4 is 4.72 Å². The molecule has 1 N–H and O–H groups in total. The fraction of sp³-hybridized carbons (Fsp3) is 0.500. The fourth-order valence-electron chi connectivity index (χ4n) is 2.71. The van der Waals surface area contributed by atoms with E-state index in [0.29, 0.717) is 6.04 Å². The largest absolute Gasteiger partial charge is 0.324 e. The summed E-state index contributed by atoms with van der Waals surface area (Å²) in [5, 5.41) is 8.74. The first kappa shape index (κ1) is 16.9. The van der Waals surface area contributed by atoms with Crippen LogP contribution in [-0.2, 0) is 16.8 Å². The summed E-state index contributed by atoms with van der Waals surface area (Å²) in [6.07, 6.45) is 2.34. The Morgan fingerprint density at radius 1 is 1.46 bits per heavy atom. The predicted octanol–water partition coefficient (Wildman–Crippen LogP) is 1.94. The molecule has 0 bridgehead atoms. The summed E-state index contributed by atoms with van der Waals surface area (Å²) in [7, 11) is -2.18. The molecule has 1 unspecified atom stereocenters. The average molecular weight is 347 g/mol. The molecule has 1 atom stereocenters. The zero-order valence-corrected chi connectivity index (χ0v) is 14.6. The van der Waals surface area contributed by atoms with Gasteiger partial charge in [-0.05, 0) is 31.9 Å². The molecule has 0 aliphatic heterocycles. The summed E-state index contributed by atoms with van der Waals surface area (Å²) in [5.41, 5.74) is 1.92. The van der Waals surface area contributed by atoms with Crippen LogP contribution in [0.4, 0.5) is 0 Å². The van der Waals surface area contributed by atoms with E-state index in [1.54, 1.807) is 6.92 Å². The van der Waals surface area contributed by atoms with Gasteiger partial charge >= 0.3 is 0 Å². The minimum absolute atomic E-state index is 0.136. The van der Waals surface area contributed by atoms with Crippen LogP contribution in [0.1, 0.15) is 38.1 Å². The summed E-state index contributed by atoms with van der Waals surface area (Å²) in [4.78, 5) is 4.58. The molecule has 0 amide bonds. The van der Waals surface area contributed by atoms with Crippen molar-refractivity contribution in [2.45, 2.75) is 44.8 Å². The first-order valence-electron chi connectivity index (χ1n) is 7.99. The van der Waals surface area contributed by atoms with Crippen LogP contribution in [0.15, 0.2) is 24.3 Å². The van der Waals surface area contributed by atoms with E-state index in [2.05, 4.69) is 14.3 Å². The molecule has 1 saturated carbocycles. The maximum Gasteiger partial charge on any atom is 0.279 e. The van der Waals surface area contributed by atoms with Gasteiger partial charge in [0, 0.05) is 19.1 Å². The molecule has 1 aliphatic carbocycles. The standard InChI is InChI=1S/C16H21N5O2S/c1-12(9-10-17)20(2)24(22,23)18-11-16-19-14-5-3-4-6-15(14)21(16)13-7-8-13/h3-6,12-13,18H,7-9,11H2,1-2H3. The molecule has 1 aromatic heterocycles. The number of nitrogens with one attached hydrogen (secondary N) is 1. The Balaban J connectivity index is 1.81. The molecule has 0 spiro atoms. The second-order valence-electron chi connectivity index (χ2n) is 6.17. The van der Waals surface area contributed by atoms with Crippen LogP contribution in [0.2, 0.25) is 0 Å². The van der Waals surface area contributed by atoms with E-state index < -0.39 is 10.2 Å². The smallest absolute Gasteiger partial charge is 0.279 e. The lowest BCUT2D eigenvalue weighted by Crippen LogP contribution is -2.42. The van der Waals surface area contributed by atoms with Crippen molar-refractivity contribution in [2.24, 2.45) is 0 Å². The molecule has 2 aromatic rings. The summed E-state index contributed by atoms with van der Waals surface area (Å²) >= 11 is 0. The molecule has 1 heterocycles. The maximum atomic E-state index is 12.4. The fourth-order valence-corrected chi connectivity index (χ4v) is 3.78. The molecule has 24 heavy (non-hydrogen) atoms. The van der Waals surface area contributed by atoms with Crippen molar-refractivity contribution in [3.8, 4) is 6.07 Å². The van der Waals surface area contributed by atoms with E-state index >= 15 is 0 Å². The summed E-state index contributed by atoms with van der Waals surface area (Å²) in [6.45, 7) is 1.85. The number of benzene rings is 1. The zero-order valence-electron chi connectivity index (χ0n) is 13.8. The number of hydrogen-bond acceptors (Lipinski definition) is 4. The maximum absolute atomic E-state index is 12.4. The van der Waals surface area contributed by atoms with E-state index in [9.17, 15) is 8.42 Å². The van der Waals surface area contributed by atoms with Crippen molar-refractivity contribution in [1.29, 1.82) is 5.26 Å². The van der Waals surface area contributed by atoms with Crippen LogP contribution in [0.3, 0.4) is 0 Å². The molecule has 3 rings (SSSR count). The van der Waals surface area contributed by atoms with Gasteiger partial charge in [0.2, 0.25) is 0 Å². The highest BCUT2D eigenvalue weighted by Crippen LogP contribution is 2.38. The molecule has 1 aliphatic rings. The SMILES string of the molecule is CC(CC#N)N(C)S(=O)(=O)NCc1nc2ccccc2n1C1CC1.